The van der Waals surface area contributed by atoms with Crippen molar-refractivity contribution in [1.82, 2.24) is 4.57 Å². The minimum atomic E-state index is 0.0762. The number of carbonyl (C=O) groups is 1. The van der Waals surface area contributed by atoms with E-state index in [1.807, 2.05) is 12.1 Å². The van der Waals surface area contributed by atoms with Crippen LogP contribution in [0, 0.1) is 16.7 Å². The number of rotatable bonds is 6. The number of hydrogen-bond donors (Lipinski definition) is 1. The van der Waals surface area contributed by atoms with Crippen LogP contribution in [0.4, 0.5) is 0 Å². The molecule has 0 spiro atoms. The van der Waals surface area contributed by atoms with Gasteiger partial charge in [0.2, 0.25) is 0 Å². The van der Waals surface area contributed by atoms with Crippen LogP contribution in [-0.2, 0) is 6.54 Å². The third-order valence-electron chi connectivity index (χ3n) is 6.19. The molecule has 1 fully saturated rings. The van der Waals surface area contributed by atoms with Gasteiger partial charge in [0.25, 0.3) is 0 Å². The molecule has 3 heteroatoms. The summed E-state index contributed by atoms with van der Waals surface area (Å²) in [5.74, 6) is 0.409. The van der Waals surface area contributed by atoms with Crippen molar-refractivity contribution in [3.63, 3.8) is 0 Å². The fourth-order valence-corrected chi connectivity index (χ4v) is 4.06. The number of hydrogen-bond acceptors (Lipinski definition) is 2. The van der Waals surface area contributed by atoms with Crippen LogP contribution in [-0.4, -0.2) is 16.9 Å². The van der Waals surface area contributed by atoms with Crippen LogP contribution in [0.1, 0.15) is 50.9 Å². The number of nitrogens with zero attached hydrogens (tertiary/aromatic N) is 1. The van der Waals surface area contributed by atoms with Gasteiger partial charge in [-0.25, -0.2) is 0 Å². The maximum absolute atomic E-state index is 13.2. The summed E-state index contributed by atoms with van der Waals surface area (Å²) in [6.07, 6.45) is 4.12. The van der Waals surface area contributed by atoms with Gasteiger partial charge in [-0.05, 0) is 36.3 Å². The Hall–Kier alpha value is -1.61. The number of aryl methyl sites for hydroxylation is 1. The molecule has 1 aliphatic carbocycles. The SMILES string of the molecule is CC1(C)C(C(=O)c2cn(CCCCN)c3ccccc23)C1(C)C. The molecule has 2 N–H and O–H groups in total. The number of fused-ring (bicyclic) bond motifs is 1. The molecule has 1 aliphatic rings. The zero-order chi connectivity index (χ0) is 16.8. The first-order valence-electron chi connectivity index (χ1n) is 8.64. The van der Waals surface area contributed by atoms with Crippen LogP contribution in [0.5, 0.6) is 0 Å². The third-order valence-corrected chi connectivity index (χ3v) is 6.19. The highest BCUT2D eigenvalue weighted by Crippen LogP contribution is 2.69. The lowest BCUT2D eigenvalue weighted by Crippen LogP contribution is -2.07. The molecule has 1 aromatic carbocycles. The monoisotopic (exact) mass is 312 g/mol. The highest BCUT2D eigenvalue weighted by atomic mass is 16.1. The summed E-state index contributed by atoms with van der Waals surface area (Å²) in [5.41, 5.74) is 7.80. The summed E-state index contributed by atoms with van der Waals surface area (Å²) < 4.78 is 2.22. The van der Waals surface area contributed by atoms with E-state index in [0.29, 0.717) is 5.78 Å². The van der Waals surface area contributed by atoms with Gasteiger partial charge in [0.1, 0.15) is 0 Å². The van der Waals surface area contributed by atoms with Crippen molar-refractivity contribution in [3.8, 4) is 0 Å². The smallest absolute Gasteiger partial charge is 0.169 e. The Labute approximate surface area is 138 Å². The first-order chi connectivity index (χ1) is 10.8. The molecule has 0 unspecified atom stereocenters. The molecule has 23 heavy (non-hydrogen) atoms. The van der Waals surface area contributed by atoms with E-state index in [2.05, 4.69) is 50.6 Å². The minimum absolute atomic E-state index is 0.0762. The third kappa shape index (κ3) is 2.42. The highest BCUT2D eigenvalue weighted by molar-refractivity contribution is 6.11. The molecular formula is C20H28N2O. The lowest BCUT2D eigenvalue weighted by Gasteiger charge is -2.03. The Kier molecular flexibility index (Phi) is 3.88. The topological polar surface area (TPSA) is 48.0 Å². The van der Waals surface area contributed by atoms with Gasteiger partial charge in [-0.2, -0.15) is 0 Å². The quantitative estimate of drug-likeness (QED) is 0.640. The highest BCUT2D eigenvalue weighted by Gasteiger charge is 2.68. The van der Waals surface area contributed by atoms with Gasteiger partial charge < -0.3 is 10.3 Å². The zero-order valence-corrected chi connectivity index (χ0v) is 14.7. The number of Topliss-reactive ketones (excluding diaryl/α,β-unsaturated/α-hetero) is 1. The van der Waals surface area contributed by atoms with Gasteiger partial charge in [0, 0.05) is 35.1 Å². The molecule has 3 nitrogen and oxygen atoms in total. The molecule has 1 saturated carbocycles. The number of nitrogens with two attached hydrogens (primary N) is 1. The van der Waals surface area contributed by atoms with E-state index < -0.39 is 0 Å². The average molecular weight is 312 g/mol. The first-order valence-corrected chi connectivity index (χ1v) is 8.64. The fraction of sp³-hybridized carbons (Fsp3) is 0.550. The molecule has 3 rings (SSSR count). The summed E-state index contributed by atoms with van der Waals surface area (Å²) in [7, 11) is 0. The number of ketones is 1. The molecule has 124 valence electrons. The normalized spacial score (nSPS) is 19.2. The second-order valence-electron chi connectivity index (χ2n) is 7.99. The second-order valence-corrected chi connectivity index (χ2v) is 7.99. The first kappa shape index (κ1) is 16.3. The van der Waals surface area contributed by atoms with Crippen LogP contribution in [0.15, 0.2) is 30.5 Å². The maximum atomic E-state index is 13.2. The predicted molar refractivity (Wildman–Crippen MR) is 95.6 cm³/mol. The Morgan fingerprint density at radius 2 is 1.78 bits per heavy atom. The average Bonchev–Trinajstić information content (AvgIpc) is 2.80. The molecule has 2 aromatic rings. The van der Waals surface area contributed by atoms with Crippen molar-refractivity contribution in [2.75, 3.05) is 6.54 Å². The standard InChI is InChI=1S/C20H28N2O/c1-19(2)18(20(19,3)4)17(23)15-13-22(12-8-7-11-21)16-10-6-5-9-14(15)16/h5-6,9-10,13,18H,7-8,11-12,21H2,1-4H3. The van der Waals surface area contributed by atoms with Crippen molar-refractivity contribution in [3.05, 3.63) is 36.0 Å². The zero-order valence-electron chi connectivity index (χ0n) is 14.7. The van der Waals surface area contributed by atoms with E-state index in [0.717, 1.165) is 42.4 Å². The van der Waals surface area contributed by atoms with Crippen molar-refractivity contribution in [2.24, 2.45) is 22.5 Å². The number of unbranched alkanes of at least 4 members (excludes halogenated alkanes) is 1. The Bertz CT molecular complexity index is 725. The summed E-state index contributed by atoms with van der Waals surface area (Å²) in [6, 6.07) is 8.25. The van der Waals surface area contributed by atoms with Gasteiger partial charge in [0.15, 0.2) is 5.78 Å². The van der Waals surface area contributed by atoms with Gasteiger partial charge in [0.05, 0.1) is 0 Å². The molecule has 0 saturated heterocycles. The van der Waals surface area contributed by atoms with Gasteiger partial charge in [-0.3, -0.25) is 4.79 Å². The molecular weight excluding hydrogens is 284 g/mol. The maximum Gasteiger partial charge on any atom is 0.169 e. The van der Waals surface area contributed by atoms with Crippen LogP contribution in [0.2, 0.25) is 0 Å². The molecule has 0 aliphatic heterocycles. The van der Waals surface area contributed by atoms with E-state index in [1.165, 1.54) is 0 Å². The predicted octanol–water partition coefficient (Wildman–Crippen LogP) is 4.25. The van der Waals surface area contributed by atoms with Crippen molar-refractivity contribution in [2.45, 2.75) is 47.1 Å². The van der Waals surface area contributed by atoms with Crippen molar-refractivity contribution < 1.29 is 4.79 Å². The largest absolute Gasteiger partial charge is 0.347 e. The number of benzene rings is 1. The minimum Gasteiger partial charge on any atom is -0.347 e. The summed E-state index contributed by atoms with van der Waals surface area (Å²) in [5, 5.41) is 1.09. The van der Waals surface area contributed by atoms with Crippen LogP contribution >= 0.6 is 0 Å². The molecule has 1 heterocycles. The van der Waals surface area contributed by atoms with Crippen molar-refractivity contribution in [1.29, 1.82) is 0 Å². The Morgan fingerprint density at radius 1 is 1.13 bits per heavy atom. The van der Waals surface area contributed by atoms with Crippen LogP contribution in [0.3, 0.4) is 0 Å². The molecule has 0 amide bonds. The van der Waals surface area contributed by atoms with Gasteiger partial charge in [-0.15, -0.1) is 0 Å². The van der Waals surface area contributed by atoms with E-state index in [9.17, 15) is 4.79 Å². The van der Waals surface area contributed by atoms with E-state index in [4.69, 9.17) is 5.73 Å². The lowest BCUT2D eigenvalue weighted by molar-refractivity contribution is 0.0946. The summed E-state index contributed by atoms with van der Waals surface area (Å²) >= 11 is 0. The van der Waals surface area contributed by atoms with Crippen LogP contribution in [0.25, 0.3) is 10.9 Å². The van der Waals surface area contributed by atoms with Crippen LogP contribution < -0.4 is 5.73 Å². The number of para-hydroxylation sites is 1. The van der Waals surface area contributed by atoms with E-state index >= 15 is 0 Å². The molecule has 0 radical (unpaired) electrons. The molecule has 0 bridgehead atoms. The lowest BCUT2D eigenvalue weighted by atomic mass is 10.0. The fourth-order valence-electron chi connectivity index (χ4n) is 4.06. The number of aromatic nitrogens is 1. The summed E-state index contributed by atoms with van der Waals surface area (Å²) in [4.78, 5) is 13.2. The number of carbonyl (C=O) groups excluding carboxylic acids is 1. The van der Waals surface area contributed by atoms with Crippen molar-refractivity contribution >= 4 is 16.7 Å². The summed E-state index contributed by atoms with van der Waals surface area (Å²) in [6.45, 7) is 10.5. The van der Waals surface area contributed by atoms with E-state index in [-0.39, 0.29) is 16.7 Å². The Morgan fingerprint density at radius 3 is 2.39 bits per heavy atom. The second kappa shape index (κ2) is 5.48. The Balaban J connectivity index is 1.97. The van der Waals surface area contributed by atoms with Gasteiger partial charge in [-0.1, -0.05) is 45.9 Å². The molecule has 1 aromatic heterocycles. The molecule has 0 atom stereocenters. The van der Waals surface area contributed by atoms with E-state index in [1.54, 1.807) is 0 Å². The van der Waals surface area contributed by atoms with Gasteiger partial charge >= 0.3 is 0 Å².